The van der Waals surface area contributed by atoms with Crippen molar-refractivity contribution in [2.24, 2.45) is 0 Å². The number of hydrogen-bond acceptors (Lipinski definition) is 6. The molecule has 0 radical (unpaired) electrons. The Kier molecular flexibility index (Phi) is 8.42. The predicted molar refractivity (Wildman–Crippen MR) is 137 cm³/mol. The van der Waals surface area contributed by atoms with Crippen LogP contribution in [0.15, 0.2) is 52.9 Å². The number of carbonyl (C=O) groups is 2. The second-order valence-corrected chi connectivity index (χ2v) is 8.34. The Bertz CT molecular complexity index is 1280. The van der Waals surface area contributed by atoms with E-state index in [-0.39, 0.29) is 28.3 Å². The van der Waals surface area contributed by atoms with E-state index in [0.29, 0.717) is 25.2 Å². The van der Waals surface area contributed by atoms with E-state index in [4.69, 9.17) is 12.2 Å². The number of amides is 3. The number of nitrogens with zero attached hydrogens (tertiary/aromatic N) is 4. The van der Waals surface area contributed by atoms with E-state index >= 15 is 0 Å². The van der Waals surface area contributed by atoms with Crippen LogP contribution >= 0.6 is 12.2 Å². The minimum absolute atomic E-state index is 0.00993. The molecule has 9 nitrogen and oxygen atoms in total. The predicted octanol–water partition coefficient (Wildman–Crippen LogP) is 3.65. The Morgan fingerprint density at radius 1 is 1.03 bits per heavy atom. The van der Waals surface area contributed by atoms with Gasteiger partial charge in [0.05, 0.1) is 11.3 Å². The average Bonchev–Trinajstić information content (AvgIpc) is 2.84. The van der Waals surface area contributed by atoms with Crippen molar-refractivity contribution >= 4 is 35.9 Å². The second kappa shape index (κ2) is 11.3. The van der Waals surface area contributed by atoms with Gasteiger partial charge in [0.15, 0.2) is 11.0 Å². The Labute approximate surface area is 208 Å². The van der Waals surface area contributed by atoms with Gasteiger partial charge in [-0.05, 0) is 56.8 Å². The first-order chi connectivity index (χ1) is 16.8. The summed E-state index contributed by atoms with van der Waals surface area (Å²) in [5.41, 5.74) is -0.0927. The molecule has 3 amide bonds. The van der Waals surface area contributed by atoms with Crippen LogP contribution in [0.5, 0.6) is 5.88 Å². The van der Waals surface area contributed by atoms with Gasteiger partial charge in [-0.1, -0.05) is 37.6 Å². The summed E-state index contributed by atoms with van der Waals surface area (Å²) in [6, 6.07) is 7.89. The molecular formula is C25H30N4O5S. The van der Waals surface area contributed by atoms with Gasteiger partial charge in [-0.2, -0.15) is 0 Å². The molecule has 0 saturated carbocycles. The van der Waals surface area contributed by atoms with Crippen LogP contribution in [0.25, 0.3) is 6.08 Å². The van der Waals surface area contributed by atoms with Crippen molar-refractivity contribution in [1.29, 1.82) is 0 Å². The summed E-state index contributed by atoms with van der Waals surface area (Å²) in [4.78, 5) is 41.5. The molecule has 2 heterocycles. The number of unbranched alkanes of at least 4 members (excludes halogenated alkanes) is 1. The van der Waals surface area contributed by atoms with Crippen LogP contribution in [-0.2, 0) is 17.9 Å². The molecule has 10 heteroatoms. The number of benzene rings is 1. The number of allylic oxidation sites excluding steroid dienone is 2. The Morgan fingerprint density at radius 3 is 2.29 bits per heavy atom. The quantitative estimate of drug-likeness (QED) is 0.425. The molecule has 3 rings (SSSR count). The van der Waals surface area contributed by atoms with Gasteiger partial charge >= 0.3 is 6.03 Å². The third kappa shape index (κ3) is 4.98. The van der Waals surface area contributed by atoms with E-state index in [2.05, 4.69) is 0 Å². The van der Waals surface area contributed by atoms with Gasteiger partial charge in [0.25, 0.3) is 11.5 Å². The number of hydrogen-bond donors (Lipinski definition) is 2. The molecule has 1 aliphatic rings. The number of urea groups is 1. The van der Waals surface area contributed by atoms with Gasteiger partial charge in [0.1, 0.15) is 5.56 Å². The number of rotatable bonds is 8. The zero-order chi connectivity index (χ0) is 25.7. The fourth-order valence-corrected chi connectivity index (χ4v) is 4.33. The molecule has 1 unspecified atom stereocenters. The normalized spacial score (nSPS) is 17.7. The van der Waals surface area contributed by atoms with Crippen LogP contribution in [0.1, 0.15) is 39.2 Å². The number of aliphatic hydroxyl groups excluding tert-OH is 1. The number of aromatic nitrogens is 2. The van der Waals surface area contributed by atoms with Crippen molar-refractivity contribution in [2.45, 2.75) is 52.9 Å². The topological polar surface area (TPSA) is 108 Å². The third-order valence-electron chi connectivity index (χ3n) is 5.83. The maximum atomic E-state index is 13.3. The average molecular weight is 499 g/mol. The molecule has 0 aliphatic carbocycles. The van der Waals surface area contributed by atoms with Crippen LogP contribution in [0.3, 0.4) is 0 Å². The highest BCUT2D eigenvalue weighted by atomic mass is 32.1. The number of para-hydroxylation sites is 1. The largest absolute Gasteiger partial charge is 0.494 e. The van der Waals surface area contributed by atoms with Crippen molar-refractivity contribution in [3.8, 4) is 5.88 Å². The van der Waals surface area contributed by atoms with Crippen molar-refractivity contribution < 1.29 is 19.8 Å². The summed E-state index contributed by atoms with van der Waals surface area (Å²) in [7, 11) is 0. The molecule has 1 saturated heterocycles. The van der Waals surface area contributed by atoms with Crippen LogP contribution < -0.4 is 10.5 Å². The minimum atomic E-state index is -1.44. The Morgan fingerprint density at radius 2 is 1.69 bits per heavy atom. The molecule has 1 aromatic carbocycles. The molecule has 1 aliphatic heterocycles. The number of aliphatic hydroxyl groups is 1. The minimum Gasteiger partial charge on any atom is -0.494 e. The lowest BCUT2D eigenvalue weighted by Crippen LogP contribution is -2.58. The first kappa shape index (κ1) is 26.1. The molecule has 2 N–H and O–H groups in total. The van der Waals surface area contributed by atoms with Gasteiger partial charge in [-0.25, -0.2) is 9.69 Å². The molecule has 1 fully saturated rings. The summed E-state index contributed by atoms with van der Waals surface area (Å²) in [6.07, 6.45) is 4.15. The lowest BCUT2D eigenvalue weighted by atomic mass is 10.1. The molecule has 1 atom stereocenters. The number of imide groups is 1. The SMILES string of the molecule is CCCCN1C(=O)N(c2ccccc2)C(=O)C(=CC=Cc2c(O)n(CC)c(=S)n(CC)c2=O)C1O. The summed E-state index contributed by atoms with van der Waals surface area (Å²) in [5.74, 6) is -0.936. The first-order valence-corrected chi connectivity index (χ1v) is 12.0. The van der Waals surface area contributed by atoms with E-state index in [9.17, 15) is 24.6 Å². The Hall–Kier alpha value is -3.50. The highest BCUT2D eigenvalue weighted by Gasteiger charge is 2.42. The molecule has 186 valence electrons. The lowest BCUT2D eigenvalue weighted by Gasteiger charge is -2.39. The maximum Gasteiger partial charge on any atom is 0.333 e. The summed E-state index contributed by atoms with van der Waals surface area (Å²) >= 11 is 5.30. The van der Waals surface area contributed by atoms with E-state index in [1.54, 1.807) is 44.2 Å². The lowest BCUT2D eigenvalue weighted by molar-refractivity contribution is -0.118. The number of aromatic hydroxyl groups is 1. The van der Waals surface area contributed by atoms with Gasteiger partial charge in [0, 0.05) is 19.6 Å². The molecular weight excluding hydrogens is 468 g/mol. The monoisotopic (exact) mass is 498 g/mol. The highest BCUT2D eigenvalue weighted by molar-refractivity contribution is 7.71. The summed E-state index contributed by atoms with van der Waals surface area (Å²) < 4.78 is 3.03. The number of carbonyl (C=O) groups excluding carboxylic acids is 2. The van der Waals surface area contributed by atoms with E-state index < -0.39 is 23.7 Å². The molecule has 0 spiro atoms. The molecule has 1 aromatic heterocycles. The van der Waals surface area contributed by atoms with Gasteiger partial charge in [-0.3, -0.25) is 23.6 Å². The fraction of sp³-hybridized carbons (Fsp3) is 0.360. The van der Waals surface area contributed by atoms with E-state index in [1.807, 2.05) is 6.92 Å². The Balaban J connectivity index is 2.07. The van der Waals surface area contributed by atoms with Crippen molar-refractivity contribution in [2.75, 3.05) is 11.4 Å². The van der Waals surface area contributed by atoms with Crippen molar-refractivity contribution in [3.05, 3.63) is 68.7 Å². The van der Waals surface area contributed by atoms with Gasteiger partial charge in [0.2, 0.25) is 5.88 Å². The standard InChI is InChI=1S/C25H30N4O5S/c1-4-7-16-28-22(32)19(23(33)29(24(28)34)17-12-9-8-10-13-17)15-11-14-18-20(30)26(5-2)25(35)27(6-3)21(18)31/h8-15,22,30,32H,4-7,16H2,1-3H3. The smallest absolute Gasteiger partial charge is 0.333 e. The van der Waals surface area contributed by atoms with Gasteiger partial charge in [-0.15, -0.1) is 0 Å². The van der Waals surface area contributed by atoms with Crippen LogP contribution in [0, 0.1) is 4.77 Å². The van der Waals surface area contributed by atoms with Gasteiger partial charge < -0.3 is 10.2 Å². The molecule has 2 aromatic rings. The summed E-state index contributed by atoms with van der Waals surface area (Å²) in [6.45, 7) is 6.51. The first-order valence-electron chi connectivity index (χ1n) is 11.6. The number of anilines is 1. The van der Waals surface area contributed by atoms with Crippen LogP contribution in [0.4, 0.5) is 10.5 Å². The highest BCUT2D eigenvalue weighted by Crippen LogP contribution is 2.27. The van der Waals surface area contributed by atoms with Crippen LogP contribution in [0.2, 0.25) is 0 Å². The van der Waals surface area contributed by atoms with Crippen molar-refractivity contribution in [3.63, 3.8) is 0 Å². The summed E-state index contributed by atoms with van der Waals surface area (Å²) in [5, 5.41) is 21.5. The third-order valence-corrected chi connectivity index (χ3v) is 6.27. The fourth-order valence-electron chi connectivity index (χ4n) is 3.90. The second-order valence-electron chi connectivity index (χ2n) is 7.97. The van der Waals surface area contributed by atoms with E-state index in [1.165, 1.54) is 32.3 Å². The molecule has 35 heavy (non-hydrogen) atoms. The molecule has 0 bridgehead atoms. The van der Waals surface area contributed by atoms with Crippen LogP contribution in [-0.4, -0.2) is 49.0 Å². The van der Waals surface area contributed by atoms with Crippen molar-refractivity contribution in [1.82, 2.24) is 14.0 Å². The maximum absolute atomic E-state index is 13.3. The van der Waals surface area contributed by atoms with E-state index in [0.717, 1.165) is 11.3 Å². The zero-order valence-electron chi connectivity index (χ0n) is 20.0. The zero-order valence-corrected chi connectivity index (χ0v) is 20.9.